The number of pyridine rings is 1. The summed E-state index contributed by atoms with van der Waals surface area (Å²) in [5.74, 6) is 0.0544. The van der Waals surface area contributed by atoms with Crippen molar-refractivity contribution in [3.8, 4) is 6.07 Å². The highest BCUT2D eigenvalue weighted by atomic mass is 16.5. The number of carbonyl (C=O) groups is 1. The van der Waals surface area contributed by atoms with E-state index in [1.165, 1.54) is 10.5 Å². The van der Waals surface area contributed by atoms with Crippen molar-refractivity contribution in [1.82, 2.24) is 14.3 Å². The van der Waals surface area contributed by atoms with E-state index in [9.17, 15) is 14.9 Å². The van der Waals surface area contributed by atoms with Gasteiger partial charge in [0.25, 0.3) is 11.5 Å². The number of ether oxygens (including phenoxy) is 2. The van der Waals surface area contributed by atoms with Gasteiger partial charge in [-0.15, -0.1) is 0 Å². The Morgan fingerprint density at radius 1 is 1.23 bits per heavy atom. The Bertz CT molecular complexity index is 1100. The zero-order chi connectivity index (χ0) is 22.0. The van der Waals surface area contributed by atoms with Gasteiger partial charge >= 0.3 is 0 Å². The molecule has 2 fully saturated rings. The van der Waals surface area contributed by atoms with Crippen LogP contribution < -0.4 is 10.5 Å². The molecule has 162 valence electrons. The number of nitrogens with zero attached hydrogens (tertiary/aromatic N) is 5. The van der Waals surface area contributed by atoms with Crippen molar-refractivity contribution in [2.75, 3.05) is 44.3 Å². The molecule has 4 rings (SSSR count). The Kier molecular flexibility index (Phi) is 6.02. The molecule has 2 saturated heterocycles. The van der Waals surface area contributed by atoms with E-state index in [2.05, 4.69) is 0 Å². The normalized spacial score (nSPS) is 22.4. The van der Waals surface area contributed by atoms with Crippen molar-refractivity contribution >= 4 is 23.4 Å². The first-order valence-electron chi connectivity index (χ1n) is 10.4. The highest BCUT2D eigenvalue weighted by Crippen LogP contribution is 2.23. The molecule has 0 N–H and O–H groups in total. The van der Waals surface area contributed by atoms with Crippen LogP contribution in [0.15, 0.2) is 34.8 Å². The molecule has 4 heterocycles. The minimum atomic E-state index is -0.405. The Hall–Kier alpha value is -3.22. The van der Waals surface area contributed by atoms with Gasteiger partial charge < -0.3 is 19.3 Å². The SMILES string of the molecule is CC1CN(c2nc3ccccn3c(=O)c2C=C(C#N)C(=O)N2CCOCC2)CC(C)O1. The number of aromatic nitrogens is 2. The Balaban J connectivity index is 1.84. The van der Waals surface area contributed by atoms with E-state index >= 15 is 0 Å². The fourth-order valence-electron chi connectivity index (χ4n) is 4.03. The Labute approximate surface area is 180 Å². The van der Waals surface area contributed by atoms with Crippen LogP contribution >= 0.6 is 0 Å². The molecule has 9 heteroatoms. The van der Waals surface area contributed by atoms with Gasteiger partial charge in [0.05, 0.1) is 31.0 Å². The van der Waals surface area contributed by atoms with Crippen molar-refractivity contribution in [3.05, 3.63) is 45.9 Å². The molecule has 31 heavy (non-hydrogen) atoms. The van der Waals surface area contributed by atoms with Gasteiger partial charge in [0, 0.05) is 32.4 Å². The monoisotopic (exact) mass is 423 g/mol. The molecule has 0 aromatic carbocycles. The van der Waals surface area contributed by atoms with E-state index < -0.39 is 5.91 Å². The number of nitriles is 1. The maximum atomic E-state index is 13.4. The highest BCUT2D eigenvalue weighted by molar-refractivity contribution is 6.02. The third kappa shape index (κ3) is 4.31. The summed E-state index contributed by atoms with van der Waals surface area (Å²) in [5, 5.41) is 9.72. The molecule has 0 spiro atoms. The van der Waals surface area contributed by atoms with Crippen molar-refractivity contribution < 1.29 is 14.3 Å². The first kappa shape index (κ1) is 21.0. The molecule has 0 bridgehead atoms. The molecule has 2 atom stereocenters. The average Bonchev–Trinajstić information content (AvgIpc) is 2.78. The molecule has 2 aromatic heterocycles. The molecule has 2 aliphatic rings. The van der Waals surface area contributed by atoms with Gasteiger partial charge in [-0.2, -0.15) is 5.26 Å². The van der Waals surface area contributed by atoms with Crippen molar-refractivity contribution in [2.45, 2.75) is 26.1 Å². The van der Waals surface area contributed by atoms with Crippen LogP contribution in [0.25, 0.3) is 11.7 Å². The molecule has 1 amide bonds. The van der Waals surface area contributed by atoms with Gasteiger partial charge in [-0.05, 0) is 32.1 Å². The Morgan fingerprint density at radius 3 is 2.61 bits per heavy atom. The van der Waals surface area contributed by atoms with Gasteiger partial charge in [0.15, 0.2) is 0 Å². The van der Waals surface area contributed by atoms with E-state index in [1.807, 2.05) is 30.9 Å². The van der Waals surface area contributed by atoms with Crippen LogP contribution in [0.1, 0.15) is 19.4 Å². The summed E-state index contributed by atoms with van der Waals surface area (Å²) in [5.41, 5.74) is 0.315. The topological polar surface area (TPSA) is 100 Å². The second-order valence-electron chi connectivity index (χ2n) is 7.82. The molecule has 9 nitrogen and oxygen atoms in total. The first-order chi connectivity index (χ1) is 15.0. The largest absolute Gasteiger partial charge is 0.378 e. The van der Waals surface area contributed by atoms with E-state index in [1.54, 1.807) is 23.2 Å². The molecule has 0 saturated carbocycles. The lowest BCUT2D eigenvalue weighted by atomic mass is 10.1. The summed E-state index contributed by atoms with van der Waals surface area (Å²) in [4.78, 5) is 34.6. The Morgan fingerprint density at radius 2 is 1.94 bits per heavy atom. The van der Waals surface area contributed by atoms with Crippen LogP contribution in [-0.4, -0.2) is 71.8 Å². The maximum Gasteiger partial charge on any atom is 0.267 e. The summed E-state index contributed by atoms with van der Waals surface area (Å²) >= 11 is 0. The average molecular weight is 423 g/mol. The summed E-state index contributed by atoms with van der Waals surface area (Å²) in [6.45, 7) is 6.73. The van der Waals surface area contributed by atoms with E-state index in [0.717, 1.165) is 0 Å². The van der Waals surface area contributed by atoms with E-state index in [-0.39, 0.29) is 28.9 Å². The van der Waals surface area contributed by atoms with Gasteiger partial charge in [-0.1, -0.05) is 6.07 Å². The number of anilines is 1. The highest BCUT2D eigenvalue weighted by Gasteiger charge is 2.28. The molecule has 2 aliphatic heterocycles. The lowest BCUT2D eigenvalue weighted by Crippen LogP contribution is -2.46. The zero-order valence-corrected chi connectivity index (χ0v) is 17.7. The lowest BCUT2D eigenvalue weighted by molar-refractivity contribution is -0.130. The van der Waals surface area contributed by atoms with Crippen molar-refractivity contribution in [3.63, 3.8) is 0 Å². The number of fused-ring (bicyclic) bond motifs is 1. The number of morpholine rings is 2. The summed E-state index contributed by atoms with van der Waals surface area (Å²) in [6.07, 6.45) is 2.93. The van der Waals surface area contributed by atoms with Crippen LogP contribution in [-0.2, 0) is 14.3 Å². The molecular formula is C22H25N5O4. The van der Waals surface area contributed by atoms with E-state index in [0.29, 0.717) is 50.9 Å². The summed E-state index contributed by atoms with van der Waals surface area (Å²) < 4.78 is 12.5. The third-order valence-electron chi connectivity index (χ3n) is 5.41. The van der Waals surface area contributed by atoms with Crippen LogP contribution in [0.5, 0.6) is 0 Å². The number of amides is 1. The predicted octanol–water partition coefficient (Wildman–Crippen LogP) is 1.07. The third-order valence-corrected chi connectivity index (χ3v) is 5.41. The smallest absolute Gasteiger partial charge is 0.267 e. The van der Waals surface area contributed by atoms with Crippen molar-refractivity contribution in [2.24, 2.45) is 0 Å². The standard InChI is InChI=1S/C22H25N5O4/c1-15-13-26(14-16(2)31-15)20-18(22(29)27-6-4-3-5-19(27)24-20)11-17(12-23)21(28)25-7-9-30-10-8-25/h3-6,11,15-16H,7-10,13-14H2,1-2H3. The minimum absolute atomic E-state index is 0.0398. The number of hydrogen-bond donors (Lipinski definition) is 0. The van der Waals surface area contributed by atoms with Crippen LogP contribution in [0.3, 0.4) is 0 Å². The predicted molar refractivity (Wildman–Crippen MR) is 115 cm³/mol. The molecule has 2 unspecified atom stereocenters. The van der Waals surface area contributed by atoms with Crippen LogP contribution in [0, 0.1) is 11.3 Å². The maximum absolute atomic E-state index is 13.4. The second kappa shape index (κ2) is 8.88. The first-order valence-corrected chi connectivity index (χ1v) is 10.4. The van der Waals surface area contributed by atoms with E-state index in [4.69, 9.17) is 14.5 Å². The minimum Gasteiger partial charge on any atom is -0.378 e. The molecular weight excluding hydrogens is 398 g/mol. The van der Waals surface area contributed by atoms with Crippen LogP contribution in [0.2, 0.25) is 0 Å². The van der Waals surface area contributed by atoms with Crippen LogP contribution in [0.4, 0.5) is 5.82 Å². The second-order valence-corrected chi connectivity index (χ2v) is 7.82. The molecule has 0 aliphatic carbocycles. The summed E-state index contributed by atoms with van der Waals surface area (Å²) in [7, 11) is 0. The summed E-state index contributed by atoms with van der Waals surface area (Å²) in [6, 6.07) is 7.30. The fraction of sp³-hybridized carbons (Fsp3) is 0.455. The van der Waals surface area contributed by atoms with Gasteiger partial charge in [-0.3, -0.25) is 14.0 Å². The number of rotatable bonds is 3. The number of carbonyl (C=O) groups excluding carboxylic acids is 1. The molecule has 0 radical (unpaired) electrons. The van der Waals surface area contributed by atoms with Crippen molar-refractivity contribution in [1.29, 1.82) is 5.26 Å². The zero-order valence-electron chi connectivity index (χ0n) is 17.7. The number of hydrogen-bond acceptors (Lipinski definition) is 7. The van der Waals surface area contributed by atoms with Gasteiger partial charge in [0.1, 0.15) is 23.1 Å². The fourth-order valence-corrected chi connectivity index (χ4v) is 4.03. The lowest BCUT2D eigenvalue weighted by Gasteiger charge is -2.36. The van der Waals surface area contributed by atoms with Gasteiger partial charge in [0.2, 0.25) is 0 Å². The van der Waals surface area contributed by atoms with Gasteiger partial charge in [-0.25, -0.2) is 4.98 Å². The quantitative estimate of drug-likeness (QED) is 0.538. The molecule has 2 aromatic rings.